The molecule has 1 atom stereocenters. The molecule has 1 aliphatic heterocycles. The first-order valence-electron chi connectivity index (χ1n) is 8.69. The third-order valence-corrected chi connectivity index (χ3v) is 5.93. The summed E-state index contributed by atoms with van der Waals surface area (Å²) in [7, 11) is 1.51. The summed E-state index contributed by atoms with van der Waals surface area (Å²) in [4.78, 5) is 29.6. The minimum atomic E-state index is -0.498. The van der Waals surface area contributed by atoms with Crippen molar-refractivity contribution in [3.8, 4) is 0 Å². The molecule has 136 valence electrons. The fourth-order valence-electron chi connectivity index (χ4n) is 3.11. The van der Waals surface area contributed by atoms with Crippen LogP contribution in [0.3, 0.4) is 0 Å². The molecular weight excluding hydrogens is 358 g/mol. The normalized spacial score (nSPS) is 17.0. The molecule has 2 amide bonds. The summed E-state index contributed by atoms with van der Waals surface area (Å²) in [5.74, 6) is -0.190. The summed E-state index contributed by atoms with van der Waals surface area (Å²) >= 11 is 1.04. The van der Waals surface area contributed by atoms with E-state index in [-0.39, 0.29) is 11.1 Å². The highest BCUT2D eigenvalue weighted by atomic mass is 32.2. The first-order chi connectivity index (χ1) is 13.0. The van der Waals surface area contributed by atoms with Crippen LogP contribution in [-0.2, 0) is 11.3 Å². The number of anilines is 1. The molecule has 1 aromatic heterocycles. The first kappa shape index (κ1) is 17.5. The zero-order chi connectivity index (χ0) is 19.0. The molecule has 0 bridgehead atoms. The van der Waals surface area contributed by atoms with Gasteiger partial charge in [-0.15, -0.1) is 0 Å². The SMILES string of the molecule is Cc1ccccc1NCc1ccc2cc(C3SC(=O)N(C)C3=O)cnc2c1. The van der Waals surface area contributed by atoms with Crippen LogP contribution in [0.5, 0.6) is 0 Å². The number of rotatable bonds is 4. The van der Waals surface area contributed by atoms with Crippen LogP contribution in [0.25, 0.3) is 10.9 Å². The Bertz CT molecular complexity index is 1050. The smallest absolute Gasteiger partial charge is 0.289 e. The summed E-state index contributed by atoms with van der Waals surface area (Å²) < 4.78 is 0. The number of aromatic nitrogens is 1. The molecular formula is C21H19N3O2S. The lowest BCUT2D eigenvalue weighted by atomic mass is 10.1. The molecule has 0 spiro atoms. The van der Waals surface area contributed by atoms with Gasteiger partial charge < -0.3 is 5.32 Å². The van der Waals surface area contributed by atoms with Gasteiger partial charge in [-0.25, -0.2) is 0 Å². The van der Waals surface area contributed by atoms with Gasteiger partial charge in [-0.3, -0.25) is 19.5 Å². The van der Waals surface area contributed by atoms with Crippen LogP contribution in [-0.4, -0.2) is 28.1 Å². The molecule has 1 saturated heterocycles. The summed E-state index contributed by atoms with van der Waals surface area (Å²) in [6.07, 6.45) is 1.70. The molecule has 3 aromatic rings. The number of hydrogen-bond donors (Lipinski definition) is 1. The topological polar surface area (TPSA) is 62.3 Å². The van der Waals surface area contributed by atoms with Crippen molar-refractivity contribution in [1.29, 1.82) is 0 Å². The summed E-state index contributed by atoms with van der Waals surface area (Å²) in [6, 6.07) is 16.2. The van der Waals surface area contributed by atoms with E-state index in [4.69, 9.17) is 0 Å². The quantitative estimate of drug-likeness (QED) is 0.724. The first-order valence-corrected chi connectivity index (χ1v) is 9.57. The molecule has 0 aliphatic carbocycles. The van der Waals surface area contributed by atoms with Gasteiger partial charge in [0.05, 0.1) is 5.52 Å². The Morgan fingerprint density at radius 3 is 2.70 bits per heavy atom. The van der Waals surface area contributed by atoms with Crippen LogP contribution in [0.15, 0.2) is 54.7 Å². The molecule has 1 aliphatic rings. The van der Waals surface area contributed by atoms with Crippen molar-refractivity contribution in [2.24, 2.45) is 0 Å². The number of benzene rings is 2. The highest BCUT2D eigenvalue weighted by molar-refractivity contribution is 8.14. The Balaban J connectivity index is 1.55. The number of para-hydroxylation sites is 1. The predicted octanol–water partition coefficient (Wildman–Crippen LogP) is 4.52. The van der Waals surface area contributed by atoms with Crippen molar-refractivity contribution in [1.82, 2.24) is 9.88 Å². The number of amides is 2. The standard InChI is InChI=1S/C21H19N3O2S/c1-13-5-3-4-6-17(13)22-11-14-7-8-15-10-16(12-23-18(15)9-14)19-20(25)24(2)21(26)27-19/h3-10,12,19,22H,11H2,1-2H3. The fraction of sp³-hybridized carbons (Fsp3) is 0.190. The van der Waals surface area contributed by atoms with Gasteiger partial charge in [-0.1, -0.05) is 30.3 Å². The number of nitrogens with zero attached hydrogens (tertiary/aromatic N) is 2. The Hall–Kier alpha value is -2.86. The molecule has 0 radical (unpaired) electrons. The average molecular weight is 377 g/mol. The Morgan fingerprint density at radius 1 is 1.15 bits per heavy atom. The second-order valence-corrected chi connectivity index (χ2v) is 7.68. The molecule has 4 rings (SSSR count). The summed E-state index contributed by atoms with van der Waals surface area (Å²) in [5, 5.41) is 3.69. The lowest BCUT2D eigenvalue weighted by molar-refractivity contribution is -0.125. The number of hydrogen-bond acceptors (Lipinski definition) is 5. The van der Waals surface area contributed by atoms with E-state index >= 15 is 0 Å². The van der Waals surface area contributed by atoms with Gasteiger partial charge in [0.25, 0.3) is 5.24 Å². The zero-order valence-corrected chi connectivity index (χ0v) is 15.9. The summed E-state index contributed by atoms with van der Waals surface area (Å²) in [5.41, 5.74) is 5.09. The van der Waals surface area contributed by atoms with Gasteiger partial charge in [-0.2, -0.15) is 0 Å². The Morgan fingerprint density at radius 2 is 1.96 bits per heavy atom. The zero-order valence-electron chi connectivity index (χ0n) is 15.1. The van der Waals surface area contributed by atoms with Crippen LogP contribution < -0.4 is 5.32 Å². The van der Waals surface area contributed by atoms with E-state index in [1.807, 2.05) is 30.3 Å². The molecule has 2 aromatic carbocycles. The van der Waals surface area contributed by atoms with Gasteiger partial charge in [0.15, 0.2) is 0 Å². The van der Waals surface area contributed by atoms with Crippen LogP contribution >= 0.6 is 11.8 Å². The highest BCUT2D eigenvalue weighted by Crippen LogP contribution is 2.38. The minimum absolute atomic E-state index is 0.190. The number of nitrogens with one attached hydrogen (secondary N) is 1. The molecule has 1 N–H and O–H groups in total. The van der Waals surface area contributed by atoms with Crippen molar-refractivity contribution in [2.45, 2.75) is 18.7 Å². The molecule has 1 unspecified atom stereocenters. The number of carbonyl (C=O) groups excluding carboxylic acids is 2. The van der Waals surface area contributed by atoms with Crippen LogP contribution in [0.2, 0.25) is 0 Å². The van der Waals surface area contributed by atoms with Crippen LogP contribution in [0.1, 0.15) is 21.9 Å². The Labute approximate surface area is 161 Å². The molecule has 2 heterocycles. The van der Waals surface area contributed by atoms with E-state index in [1.54, 1.807) is 6.20 Å². The number of fused-ring (bicyclic) bond motifs is 1. The van der Waals surface area contributed by atoms with E-state index in [9.17, 15) is 9.59 Å². The lowest BCUT2D eigenvalue weighted by Crippen LogP contribution is -2.24. The third kappa shape index (κ3) is 3.40. The molecule has 1 fully saturated rings. The molecule has 0 saturated carbocycles. The van der Waals surface area contributed by atoms with Crippen LogP contribution in [0.4, 0.5) is 10.5 Å². The van der Waals surface area contributed by atoms with Gasteiger partial charge >= 0.3 is 0 Å². The maximum Gasteiger partial charge on any atom is 0.289 e. The van der Waals surface area contributed by atoms with E-state index in [0.717, 1.165) is 39.5 Å². The number of likely N-dealkylation sites (N-methyl/N-ethyl adjacent to an activating group) is 1. The fourth-order valence-corrected chi connectivity index (χ4v) is 4.09. The van der Waals surface area contributed by atoms with Crippen molar-refractivity contribution in [2.75, 3.05) is 12.4 Å². The maximum absolute atomic E-state index is 12.2. The van der Waals surface area contributed by atoms with Crippen LogP contribution in [0, 0.1) is 6.92 Å². The Kier molecular flexibility index (Phi) is 4.58. The van der Waals surface area contributed by atoms with Crippen molar-refractivity contribution < 1.29 is 9.59 Å². The second-order valence-electron chi connectivity index (χ2n) is 6.63. The predicted molar refractivity (Wildman–Crippen MR) is 109 cm³/mol. The highest BCUT2D eigenvalue weighted by Gasteiger charge is 2.38. The van der Waals surface area contributed by atoms with E-state index in [1.165, 1.54) is 17.5 Å². The van der Waals surface area contributed by atoms with E-state index < -0.39 is 5.25 Å². The minimum Gasteiger partial charge on any atom is -0.381 e. The monoisotopic (exact) mass is 377 g/mol. The summed E-state index contributed by atoms with van der Waals surface area (Å²) in [6.45, 7) is 2.79. The van der Waals surface area contributed by atoms with Crippen molar-refractivity contribution in [3.63, 3.8) is 0 Å². The van der Waals surface area contributed by atoms with Crippen molar-refractivity contribution >= 4 is 39.5 Å². The van der Waals surface area contributed by atoms with Gasteiger partial charge in [-0.05, 0) is 53.6 Å². The molecule has 6 heteroatoms. The third-order valence-electron chi connectivity index (χ3n) is 4.75. The van der Waals surface area contributed by atoms with Crippen molar-refractivity contribution in [3.05, 3.63) is 71.4 Å². The van der Waals surface area contributed by atoms with Gasteiger partial charge in [0.1, 0.15) is 5.25 Å². The second kappa shape index (κ2) is 7.04. The number of pyridine rings is 1. The largest absolute Gasteiger partial charge is 0.381 e. The number of imide groups is 1. The van der Waals surface area contributed by atoms with Gasteiger partial charge in [0.2, 0.25) is 5.91 Å². The van der Waals surface area contributed by atoms with Gasteiger partial charge in [0, 0.05) is 30.9 Å². The number of aryl methyl sites for hydroxylation is 1. The molecule has 5 nitrogen and oxygen atoms in total. The lowest BCUT2D eigenvalue weighted by Gasteiger charge is -2.11. The number of carbonyl (C=O) groups is 2. The maximum atomic E-state index is 12.2. The van der Waals surface area contributed by atoms with E-state index in [0.29, 0.717) is 6.54 Å². The molecule has 27 heavy (non-hydrogen) atoms. The number of thioether (sulfide) groups is 1. The van der Waals surface area contributed by atoms with E-state index in [2.05, 4.69) is 35.4 Å². The average Bonchev–Trinajstić information content (AvgIpc) is 2.94.